The molecule has 0 spiro atoms. The molecule has 0 aromatic carbocycles. The zero-order valence-corrected chi connectivity index (χ0v) is 11.5. The van der Waals surface area contributed by atoms with Crippen molar-refractivity contribution in [3.05, 3.63) is 11.6 Å². The Hall–Kier alpha value is -0.380. The molecule has 3 rings (SSSR count). The predicted molar refractivity (Wildman–Crippen MR) is 68.9 cm³/mol. The van der Waals surface area contributed by atoms with Gasteiger partial charge in [0.05, 0.1) is 11.2 Å². The van der Waals surface area contributed by atoms with Gasteiger partial charge in [-0.15, -0.1) is 0 Å². The maximum absolute atomic E-state index is 11.2. The van der Waals surface area contributed by atoms with Crippen molar-refractivity contribution >= 4 is 0 Å². The summed E-state index contributed by atoms with van der Waals surface area (Å²) in [6, 6.07) is 0. The number of rotatable bonds is 1. The third-order valence-electron chi connectivity index (χ3n) is 6.36. The van der Waals surface area contributed by atoms with Gasteiger partial charge in [-0.05, 0) is 43.6 Å². The van der Waals surface area contributed by atoms with E-state index in [4.69, 9.17) is 0 Å². The van der Waals surface area contributed by atoms with Crippen molar-refractivity contribution in [1.82, 2.24) is 0 Å². The quantitative estimate of drug-likeness (QED) is 0.621. The summed E-state index contributed by atoms with van der Waals surface area (Å²) >= 11 is 0. The van der Waals surface area contributed by atoms with Crippen molar-refractivity contribution < 1.29 is 15.3 Å². The highest BCUT2D eigenvalue weighted by Crippen LogP contribution is 2.69. The number of hydrogen-bond acceptors (Lipinski definition) is 3. The van der Waals surface area contributed by atoms with Gasteiger partial charge in [0.25, 0.3) is 0 Å². The molecule has 3 nitrogen and oxygen atoms in total. The van der Waals surface area contributed by atoms with Crippen LogP contribution >= 0.6 is 0 Å². The Labute approximate surface area is 109 Å². The van der Waals surface area contributed by atoms with Crippen LogP contribution in [-0.2, 0) is 0 Å². The molecule has 3 N–H and O–H groups in total. The molecule has 0 aliphatic heterocycles. The topological polar surface area (TPSA) is 60.7 Å². The molecule has 0 saturated heterocycles. The molecule has 102 valence electrons. The lowest BCUT2D eigenvalue weighted by Gasteiger charge is -2.65. The summed E-state index contributed by atoms with van der Waals surface area (Å²) in [6.45, 7) is 6.13. The van der Waals surface area contributed by atoms with Crippen LogP contribution in [-0.4, -0.2) is 33.1 Å². The second kappa shape index (κ2) is 3.20. The lowest BCUT2D eigenvalue weighted by atomic mass is 9.44. The molecule has 2 fully saturated rings. The standard InChI is InChI=1S/C15H24O3/c1-10-6-11-7-12(2,9-16)8-15(11,18)13(3)4-5-14(10,13)17/h6,11,16-18H,4-5,7-9H2,1-3H3/t11-,12+,13+,14-,15-/m1/s1. The lowest BCUT2D eigenvalue weighted by Crippen LogP contribution is -2.70. The Kier molecular flexibility index (Phi) is 2.24. The second-order valence-electron chi connectivity index (χ2n) is 7.42. The van der Waals surface area contributed by atoms with Crippen molar-refractivity contribution in [2.75, 3.05) is 6.61 Å². The predicted octanol–water partition coefficient (Wildman–Crippen LogP) is 1.62. The van der Waals surface area contributed by atoms with E-state index in [0.29, 0.717) is 6.42 Å². The van der Waals surface area contributed by atoms with Crippen LogP contribution in [0.15, 0.2) is 11.6 Å². The fourth-order valence-electron chi connectivity index (χ4n) is 4.86. The number of fused-ring (bicyclic) bond motifs is 3. The van der Waals surface area contributed by atoms with E-state index in [1.54, 1.807) is 0 Å². The SMILES string of the molecule is CC1=C[C@@H]2C[C@](C)(CO)C[C@]2(O)[C@@]2(C)CC[C@@]12O. The van der Waals surface area contributed by atoms with Crippen LogP contribution in [0.3, 0.4) is 0 Å². The van der Waals surface area contributed by atoms with Crippen molar-refractivity contribution in [2.45, 2.75) is 57.7 Å². The van der Waals surface area contributed by atoms with E-state index in [2.05, 4.69) is 6.08 Å². The Morgan fingerprint density at radius 1 is 1.28 bits per heavy atom. The van der Waals surface area contributed by atoms with Crippen LogP contribution in [0.5, 0.6) is 0 Å². The van der Waals surface area contributed by atoms with E-state index in [-0.39, 0.29) is 17.9 Å². The minimum Gasteiger partial charge on any atom is -0.396 e. The Balaban J connectivity index is 2.10. The monoisotopic (exact) mass is 252 g/mol. The lowest BCUT2D eigenvalue weighted by molar-refractivity contribution is -0.248. The second-order valence-corrected chi connectivity index (χ2v) is 7.42. The van der Waals surface area contributed by atoms with Crippen LogP contribution in [0.1, 0.15) is 46.5 Å². The van der Waals surface area contributed by atoms with Crippen LogP contribution in [0.2, 0.25) is 0 Å². The maximum atomic E-state index is 11.2. The number of aliphatic hydroxyl groups excluding tert-OH is 1. The third-order valence-corrected chi connectivity index (χ3v) is 6.36. The maximum Gasteiger partial charge on any atom is 0.0935 e. The third kappa shape index (κ3) is 1.12. The van der Waals surface area contributed by atoms with E-state index in [1.165, 1.54) is 0 Å². The van der Waals surface area contributed by atoms with Gasteiger partial charge in [-0.25, -0.2) is 0 Å². The van der Waals surface area contributed by atoms with E-state index in [0.717, 1.165) is 24.8 Å². The summed E-state index contributed by atoms with van der Waals surface area (Å²) in [5, 5.41) is 31.6. The molecular weight excluding hydrogens is 228 g/mol. The highest BCUT2D eigenvalue weighted by atomic mass is 16.3. The van der Waals surface area contributed by atoms with Crippen molar-refractivity contribution in [2.24, 2.45) is 16.7 Å². The van der Waals surface area contributed by atoms with E-state index in [9.17, 15) is 15.3 Å². The van der Waals surface area contributed by atoms with Crippen molar-refractivity contribution in [3.63, 3.8) is 0 Å². The first-order valence-electron chi connectivity index (χ1n) is 6.95. The van der Waals surface area contributed by atoms with Crippen LogP contribution in [0.4, 0.5) is 0 Å². The molecule has 0 heterocycles. The van der Waals surface area contributed by atoms with Crippen molar-refractivity contribution in [1.29, 1.82) is 0 Å². The first kappa shape index (κ1) is 12.6. The molecule has 0 aromatic heterocycles. The molecular formula is C15H24O3. The summed E-state index contributed by atoms with van der Waals surface area (Å²) < 4.78 is 0. The summed E-state index contributed by atoms with van der Waals surface area (Å²) in [5.74, 6) is 0.0697. The first-order chi connectivity index (χ1) is 8.21. The average molecular weight is 252 g/mol. The highest BCUT2D eigenvalue weighted by Gasteiger charge is 2.72. The fraction of sp³-hybridized carbons (Fsp3) is 0.867. The minimum absolute atomic E-state index is 0.0697. The van der Waals surface area contributed by atoms with Gasteiger partial charge in [0, 0.05) is 17.9 Å². The Morgan fingerprint density at radius 2 is 1.94 bits per heavy atom. The van der Waals surface area contributed by atoms with Crippen LogP contribution in [0, 0.1) is 16.7 Å². The summed E-state index contributed by atoms with van der Waals surface area (Å²) in [5.41, 5.74) is -1.36. The van der Waals surface area contributed by atoms with Gasteiger partial charge in [-0.1, -0.05) is 19.9 Å². The van der Waals surface area contributed by atoms with Crippen molar-refractivity contribution in [3.8, 4) is 0 Å². The number of hydrogen-bond donors (Lipinski definition) is 3. The van der Waals surface area contributed by atoms with Gasteiger partial charge < -0.3 is 15.3 Å². The fourth-order valence-corrected chi connectivity index (χ4v) is 4.86. The normalized spacial score (nSPS) is 58.6. The molecule has 3 aliphatic rings. The van der Waals surface area contributed by atoms with Gasteiger partial charge in [-0.3, -0.25) is 0 Å². The zero-order valence-electron chi connectivity index (χ0n) is 11.5. The first-order valence-corrected chi connectivity index (χ1v) is 6.95. The number of aliphatic hydroxyl groups is 3. The van der Waals surface area contributed by atoms with Crippen LogP contribution < -0.4 is 0 Å². The molecule has 18 heavy (non-hydrogen) atoms. The largest absolute Gasteiger partial charge is 0.396 e. The summed E-state index contributed by atoms with van der Waals surface area (Å²) in [4.78, 5) is 0. The van der Waals surface area contributed by atoms with E-state index in [1.807, 2.05) is 20.8 Å². The van der Waals surface area contributed by atoms with Gasteiger partial charge in [0.15, 0.2) is 0 Å². The molecule has 3 aliphatic carbocycles. The molecule has 0 unspecified atom stereocenters. The molecule has 0 bridgehead atoms. The zero-order chi connectivity index (χ0) is 13.4. The van der Waals surface area contributed by atoms with E-state index >= 15 is 0 Å². The van der Waals surface area contributed by atoms with Gasteiger partial charge in [0.1, 0.15) is 0 Å². The molecule has 0 amide bonds. The van der Waals surface area contributed by atoms with Gasteiger partial charge in [-0.2, -0.15) is 0 Å². The molecule has 0 aromatic rings. The Bertz CT molecular complexity index is 431. The molecule has 3 heteroatoms. The molecule has 2 saturated carbocycles. The summed E-state index contributed by atoms with van der Waals surface area (Å²) in [6.07, 6.45) is 5.06. The van der Waals surface area contributed by atoms with Gasteiger partial charge >= 0.3 is 0 Å². The van der Waals surface area contributed by atoms with Gasteiger partial charge in [0.2, 0.25) is 0 Å². The Morgan fingerprint density at radius 3 is 2.44 bits per heavy atom. The van der Waals surface area contributed by atoms with E-state index < -0.39 is 16.6 Å². The smallest absolute Gasteiger partial charge is 0.0935 e. The highest BCUT2D eigenvalue weighted by molar-refractivity contribution is 5.37. The minimum atomic E-state index is -0.864. The average Bonchev–Trinajstić information content (AvgIpc) is 2.58. The summed E-state index contributed by atoms with van der Waals surface area (Å²) in [7, 11) is 0. The molecule has 0 radical (unpaired) electrons. The molecule has 5 atom stereocenters. The van der Waals surface area contributed by atoms with Crippen LogP contribution in [0.25, 0.3) is 0 Å².